The quantitative estimate of drug-likeness (QED) is 0.831. The van der Waals surface area contributed by atoms with Crippen molar-refractivity contribution in [3.05, 3.63) is 59.4 Å². The second-order valence-corrected chi connectivity index (χ2v) is 5.37. The largest absolute Gasteiger partial charge is 0.494 e. The van der Waals surface area contributed by atoms with E-state index in [2.05, 4.69) is 0 Å². The topological polar surface area (TPSA) is 81.9 Å². The summed E-state index contributed by atoms with van der Waals surface area (Å²) in [4.78, 5) is 24.9. The number of primary amides is 1. The highest BCUT2D eigenvalue weighted by molar-refractivity contribution is 5.95. The zero-order chi connectivity index (χ0) is 18.4. The van der Waals surface area contributed by atoms with Crippen LogP contribution >= 0.6 is 0 Å². The number of amides is 2. The number of carbonyl (C=O) groups is 2. The van der Waals surface area contributed by atoms with Gasteiger partial charge in [-0.05, 0) is 29.8 Å². The van der Waals surface area contributed by atoms with Gasteiger partial charge < -0.3 is 20.1 Å². The number of para-hydroxylation sites is 1. The summed E-state index contributed by atoms with van der Waals surface area (Å²) in [6, 6.07) is 10.9. The molecular weight excluding hydrogens is 327 g/mol. The fourth-order valence-electron chi connectivity index (χ4n) is 2.22. The third-order valence-electron chi connectivity index (χ3n) is 3.57. The van der Waals surface area contributed by atoms with Crippen molar-refractivity contribution in [2.45, 2.75) is 6.54 Å². The fourth-order valence-corrected chi connectivity index (χ4v) is 2.22. The van der Waals surface area contributed by atoms with Crippen LogP contribution in [0.3, 0.4) is 0 Å². The normalized spacial score (nSPS) is 10.2. The van der Waals surface area contributed by atoms with E-state index in [1.807, 2.05) is 0 Å². The van der Waals surface area contributed by atoms with Gasteiger partial charge in [0.2, 0.25) is 0 Å². The van der Waals surface area contributed by atoms with E-state index < -0.39 is 11.7 Å². The van der Waals surface area contributed by atoms with Crippen LogP contribution in [0.5, 0.6) is 11.5 Å². The van der Waals surface area contributed by atoms with Crippen molar-refractivity contribution in [2.24, 2.45) is 5.73 Å². The van der Waals surface area contributed by atoms with Gasteiger partial charge in [-0.1, -0.05) is 18.2 Å². The number of hydrogen-bond acceptors (Lipinski definition) is 4. The van der Waals surface area contributed by atoms with Crippen molar-refractivity contribution in [1.82, 2.24) is 4.90 Å². The first-order valence-corrected chi connectivity index (χ1v) is 7.50. The Morgan fingerprint density at radius 3 is 2.52 bits per heavy atom. The van der Waals surface area contributed by atoms with Crippen LogP contribution in [0.4, 0.5) is 4.39 Å². The number of halogens is 1. The van der Waals surface area contributed by atoms with Crippen LogP contribution in [-0.4, -0.2) is 37.5 Å². The Balaban J connectivity index is 1.97. The molecule has 0 saturated heterocycles. The van der Waals surface area contributed by atoms with Crippen molar-refractivity contribution < 1.29 is 23.5 Å². The molecule has 0 heterocycles. The molecule has 2 aromatic carbocycles. The van der Waals surface area contributed by atoms with E-state index >= 15 is 0 Å². The number of nitrogens with zero attached hydrogens (tertiary/aromatic N) is 1. The molecule has 2 amide bonds. The van der Waals surface area contributed by atoms with Crippen LogP contribution in [0.25, 0.3) is 0 Å². The third-order valence-corrected chi connectivity index (χ3v) is 3.57. The Labute approximate surface area is 144 Å². The summed E-state index contributed by atoms with van der Waals surface area (Å²) in [7, 11) is 2.96. The summed E-state index contributed by atoms with van der Waals surface area (Å²) in [5, 5.41) is 0. The van der Waals surface area contributed by atoms with E-state index in [1.54, 1.807) is 31.3 Å². The Morgan fingerprint density at radius 2 is 1.88 bits per heavy atom. The highest BCUT2D eigenvalue weighted by Gasteiger charge is 2.14. The lowest BCUT2D eigenvalue weighted by Gasteiger charge is -2.18. The van der Waals surface area contributed by atoms with Crippen LogP contribution in [0.15, 0.2) is 42.5 Å². The van der Waals surface area contributed by atoms with Crippen molar-refractivity contribution >= 4 is 11.8 Å². The fraction of sp³-hybridized carbons (Fsp3) is 0.222. The van der Waals surface area contributed by atoms with E-state index in [-0.39, 0.29) is 36.1 Å². The van der Waals surface area contributed by atoms with Crippen LogP contribution in [0.1, 0.15) is 15.9 Å². The van der Waals surface area contributed by atoms with Gasteiger partial charge in [-0.3, -0.25) is 9.59 Å². The number of rotatable bonds is 7. The zero-order valence-corrected chi connectivity index (χ0v) is 14.0. The minimum absolute atomic E-state index is 0.143. The maximum atomic E-state index is 13.7. The summed E-state index contributed by atoms with van der Waals surface area (Å²) in [6.07, 6.45) is 0. The summed E-state index contributed by atoms with van der Waals surface area (Å²) in [5.74, 6) is -1.07. The van der Waals surface area contributed by atoms with Crippen molar-refractivity contribution in [1.29, 1.82) is 0 Å². The average Bonchev–Trinajstić information content (AvgIpc) is 2.59. The first kappa shape index (κ1) is 18.3. The van der Waals surface area contributed by atoms with Gasteiger partial charge in [-0.25, -0.2) is 4.39 Å². The highest BCUT2D eigenvalue weighted by Crippen LogP contribution is 2.19. The summed E-state index contributed by atoms with van der Waals surface area (Å²) in [6.45, 7) is -0.0556. The maximum Gasteiger partial charge on any atom is 0.260 e. The predicted molar refractivity (Wildman–Crippen MR) is 89.9 cm³/mol. The molecule has 0 aliphatic rings. The second kappa shape index (κ2) is 8.14. The Kier molecular flexibility index (Phi) is 5.94. The number of benzene rings is 2. The predicted octanol–water partition coefficient (Wildman–Crippen LogP) is 1.97. The first-order chi connectivity index (χ1) is 11.9. The minimum atomic E-state index is -0.634. The number of carbonyl (C=O) groups excluding carboxylic acids is 2. The van der Waals surface area contributed by atoms with E-state index in [0.29, 0.717) is 5.56 Å². The van der Waals surface area contributed by atoms with Crippen LogP contribution in [0, 0.1) is 5.82 Å². The number of hydrogen-bond donors (Lipinski definition) is 1. The molecule has 0 aliphatic carbocycles. The molecule has 2 N–H and O–H groups in total. The Morgan fingerprint density at radius 1 is 1.16 bits per heavy atom. The lowest BCUT2D eigenvalue weighted by atomic mass is 10.2. The summed E-state index contributed by atoms with van der Waals surface area (Å²) in [5.41, 5.74) is 6.08. The molecule has 2 rings (SSSR count). The van der Waals surface area contributed by atoms with Gasteiger partial charge in [0.15, 0.2) is 18.2 Å². The molecule has 0 bridgehead atoms. The van der Waals surface area contributed by atoms with Crippen LogP contribution < -0.4 is 15.2 Å². The van der Waals surface area contributed by atoms with Crippen LogP contribution in [0.2, 0.25) is 0 Å². The summed E-state index contributed by atoms with van der Waals surface area (Å²) < 4.78 is 23.9. The van der Waals surface area contributed by atoms with Crippen LogP contribution in [-0.2, 0) is 11.3 Å². The third kappa shape index (κ3) is 4.69. The molecule has 0 saturated carbocycles. The minimum Gasteiger partial charge on any atom is -0.494 e. The Bertz CT molecular complexity index is 779. The van der Waals surface area contributed by atoms with Gasteiger partial charge >= 0.3 is 0 Å². The number of nitrogens with two attached hydrogens (primary N) is 1. The van der Waals surface area contributed by atoms with E-state index in [1.165, 1.54) is 30.2 Å². The maximum absolute atomic E-state index is 13.7. The van der Waals surface area contributed by atoms with Gasteiger partial charge in [0.05, 0.1) is 12.7 Å². The van der Waals surface area contributed by atoms with E-state index in [0.717, 1.165) is 0 Å². The Hall–Kier alpha value is -3.09. The molecular formula is C18H19FN2O4. The molecule has 0 aromatic heterocycles. The van der Waals surface area contributed by atoms with Gasteiger partial charge in [0, 0.05) is 13.6 Å². The van der Waals surface area contributed by atoms with Gasteiger partial charge in [-0.2, -0.15) is 0 Å². The van der Waals surface area contributed by atoms with Crippen molar-refractivity contribution in [2.75, 3.05) is 20.8 Å². The summed E-state index contributed by atoms with van der Waals surface area (Å²) >= 11 is 0. The molecule has 2 aromatic rings. The molecule has 25 heavy (non-hydrogen) atoms. The van der Waals surface area contributed by atoms with Crippen molar-refractivity contribution in [3.8, 4) is 11.5 Å². The number of likely N-dealkylation sites (N-methyl/N-ethyl adjacent to an activating group) is 1. The molecule has 132 valence electrons. The molecule has 0 unspecified atom stereocenters. The lowest BCUT2D eigenvalue weighted by molar-refractivity contribution is -0.132. The second-order valence-electron chi connectivity index (χ2n) is 5.37. The molecule has 0 fully saturated rings. The van der Waals surface area contributed by atoms with Gasteiger partial charge in [-0.15, -0.1) is 0 Å². The SMILES string of the molecule is COc1ccc(CN(C)C(=O)COc2ccccc2C(N)=O)cc1F. The number of methoxy groups -OCH3 is 1. The van der Waals surface area contributed by atoms with Gasteiger partial charge in [0.25, 0.3) is 11.8 Å². The first-order valence-electron chi connectivity index (χ1n) is 7.50. The van der Waals surface area contributed by atoms with Gasteiger partial charge in [0.1, 0.15) is 5.75 Å². The van der Waals surface area contributed by atoms with E-state index in [4.69, 9.17) is 15.2 Å². The zero-order valence-electron chi connectivity index (χ0n) is 14.0. The molecule has 7 heteroatoms. The standard InChI is InChI=1S/C18H19FN2O4/c1-21(10-12-7-8-16(24-2)14(19)9-12)17(22)11-25-15-6-4-3-5-13(15)18(20)23/h3-9H,10-11H2,1-2H3,(H2,20,23). The number of ether oxygens (including phenoxy) is 2. The molecule has 0 spiro atoms. The highest BCUT2D eigenvalue weighted by atomic mass is 19.1. The molecule has 0 atom stereocenters. The molecule has 0 radical (unpaired) electrons. The average molecular weight is 346 g/mol. The smallest absolute Gasteiger partial charge is 0.260 e. The van der Waals surface area contributed by atoms with E-state index in [9.17, 15) is 14.0 Å². The molecule has 6 nitrogen and oxygen atoms in total. The lowest BCUT2D eigenvalue weighted by Crippen LogP contribution is -2.31. The monoisotopic (exact) mass is 346 g/mol. The molecule has 0 aliphatic heterocycles. The van der Waals surface area contributed by atoms with Crippen molar-refractivity contribution in [3.63, 3.8) is 0 Å².